The lowest BCUT2D eigenvalue weighted by atomic mass is 10.4. The number of nitriles is 1. The zero-order valence-corrected chi connectivity index (χ0v) is 4.39. The molecule has 0 spiro atoms. The smallest absolute Gasteiger partial charge is 0.186 e. The van der Waals surface area contributed by atoms with Crippen molar-refractivity contribution in [3.05, 3.63) is 0 Å². The largest absolute Gasteiger partial charge is 0.205 e. The molecule has 2 heteroatoms. The highest BCUT2D eigenvalue weighted by atomic mass is 14.7. The molecule has 2 nitrogen and oxygen atoms in total. The lowest BCUT2D eigenvalue weighted by Crippen LogP contribution is -1.67. The van der Waals surface area contributed by atoms with Crippen molar-refractivity contribution in [3.63, 3.8) is 0 Å². The summed E-state index contributed by atoms with van der Waals surface area (Å²) in [6.45, 7) is 2.05. The van der Waals surface area contributed by atoms with Gasteiger partial charge in [-0.25, -0.2) is 0 Å². The van der Waals surface area contributed by atoms with Crippen LogP contribution in [0.5, 0.6) is 0 Å². The van der Waals surface area contributed by atoms with E-state index in [1.165, 1.54) is 0 Å². The van der Waals surface area contributed by atoms with E-state index in [2.05, 4.69) is 4.99 Å². The first-order chi connectivity index (χ1) is 3.41. The van der Waals surface area contributed by atoms with Crippen LogP contribution in [0.1, 0.15) is 19.8 Å². The first-order valence-electron chi connectivity index (χ1n) is 2.32. The SMILES string of the molecule is CCCC=NC#N. The number of hydrogen-bond donors (Lipinski definition) is 0. The van der Waals surface area contributed by atoms with E-state index < -0.39 is 0 Å². The summed E-state index contributed by atoms with van der Waals surface area (Å²) >= 11 is 0. The molecule has 0 fully saturated rings. The van der Waals surface area contributed by atoms with Crippen molar-refractivity contribution in [2.75, 3.05) is 0 Å². The molecule has 0 heterocycles. The number of rotatable bonds is 2. The van der Waals surface area contributed by atoms with Crippen molar-refractivity contribution < 1.29 is 0 Å². The van der Waals surface area contributed by atoms with E-state index in [0.717, 1.165) is 12.8 Å². The van der Waals surface area contributed by atoms with Crippen molar-refractivity contribution in [1.82, 2.24) is 0 Å². The number of unbranched alkanes of at least 4 members (excludes halogenated alkanes) is 1. The summed E-state index contributed by atoms with van der Waals surface area (Å²) in [7, 11) is 0. The van der Waals surface area contributed by atoms with Crippen LogP contribution < -0.4 is 0 Å². The first-order valence-corrected chi connectivity index (χ1v) is 2.32. The molecule has 38 valence electrons. The Labute approximate surface area is 43.5 Å². The van der Waals surface area contributed by atoms with E-state index in [1.54, 1.807) is 12.4 Å². The molecule has 0 radical (unpaired) electrons. The Morgan fingerprint density at radius 3 is 3.00 bits per heavy atom. The standard InChI is InChI=1S/C5H8N2/c1-2-3-4-7-5-6/h4H,2-3H2,1H3. The fourth-order valence-corrected chi connectivity index (χ4v) is 0.234. The van der Waals surface area contributed by atoms with Crippen molar-refractivity contribution in [3.8, 4) is 6.19 Å². The van der Waals surface area contributed by atoms with E-state index in [1.807, 2.05) is 6.92 Å². The minimum absolute atomic E-state index is 0.910. The predicted octanol–water partition coefficient (Wildman–Crippen LogP) is 1.34. The molecule has 0 aliphatic carbocycles. The maximum Gasteiger partial charge on any atom is 0.205 e. The third-order valence-corrected chi connectivity index (χ3v) is 0.567. The molecule has 7 heavy (non-hydrogen) atoms. The second kappa shape index (κ2) is 5.16. The third-order valence-electron chi connectivity index (χ3n) is 0.567. The molecule has 0 aromatic carbocycles. The van der Waals surface area contributed by atoms with Gasteiger partial charge in [-0.1, -0.05) is 13.3 Å². The summed E-state index contributed by atoms with van der Waals surface area (Å²) in [5.41, 5.74) is 0. The van der Waals surface area contributed by atoms with E-state index >= 15 is 0 Å². The topological polar surface area (TPSA) is 36.1 Å². The molecule has 0 unspecified atom stereocenters. The van der Waals surface area contributed by atoms with Gasteiger partial charge in [-0.3, -0.25) is 0 Å². The summed E-state index contributed by atoms with van der Waals surface area (Å²) in [6.07, 6.45) is 5.27. The molecular weight excluding hydrogens is 88.1 g/mol. The van der Waals surface area contributed by atoms with Gasteiger partial charge in [-0.05, 0) is 6.42 Å². The minimum Gasteiger partial charge on any atom is -0.186 e. The van der Waals surface area contributed by atoms with Crippen LogP contribution in [-0.2, 0) is 0 Å². The van der Waals surface area contributed by atoms with Gasteiger partial charge in [0, 0.05) is 6.21 Å². The molecule has 0 saturated heterocycles. The molecule has 0 amide bonds. The van der Waals surface area contributed by atoms with Gasteiger partial charge in [0.2, 0.25) is 6.19 Å². The number of hydrogen-bond acceptors (Lipinski definition) is 2. The van der Waals surface area contributed by atoms with Gasteiger partial charge in [-0.15, -0.1) is 0 Å². The van der Waals surface area contributed by atoms with Crippen molar-refractivity contribution in [2.45, 2.75) is 19.8 Å². The zero-order chi connectivity index (χ0) is 5.54. The van der Waals surface area contributed by atoms with Crippen molar-refractivity contribution >= 4 is 6.21 Å². The van der Waals surface area contributed by atoms with Crippen molar-refractivity contribution in [1.29, 1.82) is 5.26 Å². The Balaban J connectivity index is 2.97. The fourth-order valence-electron chi connectivity index (χ4n) is 0.234. The molecule has 0 saturated carbocycles. The summed E-state index contributed by atoms with van der Waals surface area (Å²) in [5.74, 6) is 0. The zero-order valence-electron chi connectivity index (χ0n) is 4.39. The van der Waals surface area contributed by atoms with Crippen LogP contribution in [0.3, 0.4) is 0 Å². The van der Waals surface area contributed by atoms with Gasteiger partial charge in [0.15, 0.2) is 0 Å². The lowest BCUT2D eigenvalue weighted by molar-refractivity contribution is 1.01. The molecule has 0 aliphatic rings. The molecule has 0 bridgehead atoms. The molecule has 0 aliphatic heterocycles. The quantitative estimate of drug-likeness (QED) is 0.377. The number of nitrogens with zero attached hydrogens (tertiary/aromatic N) is 2. The van der Waals surface area contributed by atoms with Gasteiger partial charge in [0.1, 0.15) is 0 Å². The van der Waals surface area contributed by atoms with E-state index in [9.17, 15) is 0 Å². The number of aliphatic imine (C=N–C) groups is 1. The monoisotopic (exact) mass is 96.1 g/mol. The molecule has 0 rings (SSSR count). The van der Waals surface area contributed by atoms with Crippen LogP contribution >= 0.6 is 0 Å². The summed E-state index contributed by atoms with van der Waals surface area (Å²) < 4.78 is 0. The average molecular weight is 96.1 g/mol. The van der Waals surface area contributed by atoms with Gasteiger partial charge in [-0.2, -0.15) is 10.3 Å². The first kappa shape index (κ1) is 6.16. The average Bonchev–Trinajstić information content (AvgIpc) is 1.69. The molecular formula is C5H8N2. The van der Waals surface area contributed by atoms with Crippen LogP contribution in [0.25, 0.3) is 0 Å². The maximum absolute atomic E-state index is 7.84. The fraction of sp³-hybridized carbons (Fsp3) is 0.600. The molecule has 0 aromatic rings. The highest BCUT2D eigenvalue weighted by Gasteiger charge is 1.68. The van der Waals surface area contributed by atoms with Crippen LogP contribution in [0.2, 0.25) is 0 Å². The summed E-state index contributed by atoms with van der Waals surface area (Å²) in [5, 5.41) is 7.84. The van der Waals surface area contributed by atoms with Crippen LogP contribution in [-0.4, -0.2) is 6.21 Å². The maximum atomic E-state index is 7.84. The van der Waals surface area contributed by atoms with E-state index in [4.69, 9.17) is 5.26 Å². The summed E-state index contributed by atoms with van der Waals surface area (Å²) in [4.78, 5) is 3.34. The van der Waals surface area contributed by atoms with E-state index in [0.29, 0.717) is 0 Å². The molecule has 0 aromatic heterocycles. The van der Waals surface area contributed by atoms with Gasteiger partial charge >= 0.3 is 0 Å². The van der Waals surface area contributed by atoms with Gasteiger partial charge in [0.05, 0.1) is 0 Å². The van der Waals surface area contributed by atoms with Crippen LogP contribution in [0, 0.1) is 11.5 Å². The Kier molecular flexibility index (Phi) is 4.54. The Bertz CT molecular complexity index is 88.7. The van der Waals surface area contributed by atoms with Gasteiger partial charge in [0.25, 0.3) is 0 Å². The molecule has 0 N–H and O–H groups in total. The van der Waals surface area contributed by atoms with E-state index in [-0.39, 0.29) is 0 Å². The Hall–Kier alpha value is -0.840. The normalized spacial score (nSPS) is 9.14. The van der Waals surface area contributed by atoms with Gasteiger partial charge < -0.3 is 0 Å². The molecule has 0 atom stereocenters. The van der Waals surface area contributed by atoms with Crippen molar-refractivity contribution in [2.24, 2.45) is 4.99 Å². The third kappa shape index (κ3) is 5.16. The minimum atomic E-state index is 0.910. The summed E-state index contributed by atoms with van der Waals surface area (Å²) in [6, 6.07) is 0. The van der Waals surface area contributed by atoms with Crippen LogP contribution in [0.15, 0.2) is 4.99 Å². The highest BCUT2D eigenvalue weighted by molar-refractivity contribution is 5.58. The predicted molar refractivity (Wildman–Crippen MR) is 29.0 cm³/mol. The second-order valence-electron chi connectivity index (χ2n) is 1.20. The lowest BCUT2D eigenvalue weighted by Gasteiger charge is -1.74. The highest BCUT2D eigenvalue weighted by Crippen LogP contribution is 1.78. The second-order valence-corrected chi connectivity index (χ2v) is 1.20. The Morgan fingerprint density at radius 1 is 1.86 bits per heavy atom. The van der Waals surface area contributed by atoms with Crippen LogP contribution in [0.4, 0.5) is 0 Å². The Morgan fingerprint density at radius 2 is 2.57 bits per heavy atom.